The van der Waals surface area contributed by atoms with Crippen molar-refractivity contribution < 1.29 is 9.84 Å². The van der Waals surface area contributed by atoms with E-state index in [4.69, 9.17) is 4.74 Å². The van der Waals surface area contributed by atoms with Crippen molar-refractivity contribution in [2.75, 3.05) is 7.11 Å². The van der Waals surface area contributed by atoms with Crippen LogP contribution in [0.3, 0.4) is 0 Å². The van der Waals surface area contributed by atoms with E-state index in [0.29, 0.717) is 23.0 Å². The van der Waals surface area contributed by atoms with Crippen LogP contribution >= 0.6 is 0 Å². The van der Waals surface area contributed by atoms with Crippen molar-refractivity contribution in [1.82, 2.24) is 19.7 Å². The van der Waals surface area contributed by atoms with Crippen molar-refractivity contribution in [3.63, 3.8) is 0 Å². The van der Waals surface area contributed by atoms with Crippen molar-refractivity contribution in [3.05, 3.63) is 35.7 Å². The number of rotatable bonds is 3. The smallest absolute Gasteiger partial charge is 0.163 e. The van der Waals surface area contributed by atoms with E-state index in [1.807, 2.05) is 0 Å². The second-order valence-corrected chi connectivity index (χ2v) is 3.65. The molecule has 0 amide bonds. The van der Waals surface area contributed by atoms with Gasteiger partial charge in [0.15, 0.2) is 5.75 Å². The number of ether oxygens (including phenoxy) is 1. The highest BCUT2D eigenvalue weighted by Crippen LogP contribution is 2.27. The molecule has 0 aliphatic heterocycles. The zero-order valence-corrected chi connectivity index (χ0v) is 9.95. The number of aromatic nitrogens is 4. The maximum Gasteiger partial charge on any atom is 0.163 e. The first kappa shape index (κ1) is 11.5. The van der Waals surface area contributed by atoms with Crippen LogP contribution < -0.4 is 4.74 Å². The molecule has 0 fully saturated rings. The predicted molar refractivity (Wildman–Crippen MR) is 60.6 cm³/mol. The first-order valence-electron chi connectivity index (χ1n) is 5.17. The molecule has 2 aromatic heterocycles. The van der Waals surface area contributed by atoms with Gasteiger partial charge in [-0.25, -0.2) is 9.97 Å². The molecule has 0 aliphatic carbocycles. The van der Waals surface area contributed by atoms with E-state index in [2.05, 4.69) is 15.1 Å². The van der Waals surface area contributed by atoms with Crippen molar-refractivity contribution in [3.8, 4) is 5.75 Å². The maximum absolute atomic E-state index is 10.3. The van der Waals surface area contributed by atoms with Crippen LogP contribution in [0.25, 0.3) is 0 Å². The van der Waals surface area contributed by atoms with Crippen LogP contribution in [0.15, 0.2) is 18.5 Å². The first-order chi connectivity index (χ1) is 8.13. The SMILES string of the molecule is COc1cnn(C)c1C(O)c1ccnc(C)n1. The van der Waals surface area contributed by atoms with Gasteiger partial charge >= 0.3 is 0 Å². The molecule has 0 aromatic carbocycles. The zero-order valence-electron chi connectivity index (χ0n) is 9.95. The van der Waals surface area contributed by atoms with Crippen molar-refractivity contribution >= 4 is 0 Å². The second kappa shape index (κ2) is 4.50. The molecular weight excluding hydrogens is 220 g/mol. The van der Waals surface area contributed by atoms with Crippen LogP contribution in [0.2, 0.25) is 0 Å². The van der Waals surface area contributed by atoms with E-state index in [9.17, 15) is 5.11 Å². The number of methoxy groups -OCH3 is 1. The van der Waals surface area contributed by atoms with Gasteiger partial charge in [-0.15, -0.1) is 0 Å². The standard InChI is InChI=1S/C11H14N4O2/c1-7-12-5-4-8(14-7)11(16)10-9(17-3)6-13-15(10)2/h4-6,11,16H,1-3H3. The van der Waals surface area contributed by atoms with Gasteiger partial charge in [-0.1, -0.05) is 0 Å². The number of nitrogens with zero attached hydrogens (tertiary/aromatic N) is 4. The molecule has 0 bridgehead atoms. The van der Waals surface area contributed by atoms with Gasteiger partial charge in [0.25, 0.3) is 0 Å². The molecule has 2 aromatic rings. The molecule has 0 saturated carbocycles. The van der Waals surface area contributed by atoms with Crippen LogP contribution in [0.4, 0.5) is 0 Å². The highest BCUT2D eigenvalue weighted by molar-refractivity contribution is 5.31. The molecule has 6 heteroatoms. The number of aryl methyl sites for hydroxylation is 2. The Labute approximate surface area is 98.9 Å². The Hall–Kier alpha value is -1.95. The van der Waals surface area contributed by atoms with E-state index in [1.54, 1.807) is 44.2 Å². The summed E-state index contributed by atoms with van der Waals surface area (Å²) in [6.45, 7) is 1.77. The minimum Gasteiger partial charge on any atom is -0.493 e. The number of hydrogen-bond donors (Lipinski definition) is 1. The molecule has 0 radical (unpaired) electrons. The van der Waals surface area contributed by atoms with E-state index in [-0.39, 0.29) is 0 Å². The van der Waals surface area contributed by atoms with Gasteiger partial charge < -0.3 is 9.84 Å². The van der Waals surface area contributed by atoms with E-state index in [1.165, 1.54) is 0 Å². The van der Waals surface area contributed by atoms with Crippen molar-refractivity contribution in [1.29, 1.82) is 0 Å². The van der Waals surface area contributed by atoms with Crippen LogP contribution in [0, 0.1) is 6.92 Å². The molecule has 6 nitrogen and oxygen atoms in total. The largest absolute Gasteiger partial charge is 0.493 e. The van der Waals surface area contributed by atoms with E-state index < -0.39 is 6.10 Å². The summed E-state index contributed by atoms with van der Waals surface area (Å²) in [5.41, 5.74) is 1.10. The fourth-order valence-electron chi connectivity index (χ4n) is 1.66. The summed E-state index contributed by atoms with van der Waals surface area (Å²) in [5.74, 6) is 1.15. The Balaban J connectivity index is 2.43. The molecule has 1 unspecified atom stereocenters. The van der Waals surface area contributed by atoms with Crippen molar-refractivity contribution in [2.45, 2.75) is 13.0 Å². The highest BCUT2D eigenvalue weighted by Gasteiger charge is 2.21. The third-order valence-electron chi connectivity index (χ3n) is 2.51. The van der Waals surface area contributed by atoms with Crippen LogP contribution in [0.1, 0.15) is 23.3 Å². The monoisotopic (exact) mass is 234 g/mol. The van der Waals surface area contributed by atoms with Gasteiger partial charge in [-0.3, -0.25) is 4.68 Å². The molecule has 0 aliphatic rings. The maximum atomic E-state index is 10.3. The summed E-state index contributed by atoms with van der Waals surface area (Å²) < 4.78 is 6.72. The van der Waals surface area contributed by atoms with Gasteiger partial charge in [-0.05, 0) is 13.0 Å². The summed E-state index contributed by atoms with van der Waals surface area (Å²) in [7, 11) is 3.29. The lowest BCUT2D eigenvalue weighted by Gasteiger charge is -2.12. The minimum absolute atomic E-state index is 0.527. The topological polar surface area (TPSA) is 73.1 Å². The lowest BCUT2D eigenvalue weighted by Crippen LogP contribution is -2.10. The second-order valence-electron chi connectivity index (χ2n) is 3.65. The van der Waals surface area contributed by atoms with Crippen LogP contribution in [-0.2, 0) is 7.05 Å². The van der Waals surface area contributed by atoms with Gasteiger partial charge in [0.2, 0.25) is 0 Å². The first-order valence-corrected chi connectivity index (χ1v) is 5.17. The number of aliphatic hydroxyl groups excluding tert-OH is 1. The third-order valence-corrected chi connectivity index (χ3v) is 2.51. The van der Waals surface area contributed by atoms with E-state index >= 15 is 0 Å². The average molecular weight is 234 g/mol. The third kappa shape index (κ3) is 2.12. The molecule has 90 valence electrons. The summed E-state index contributed by atoms with van der Waals surface area (Å²) in [6.07, 6.45) is 2.30. The lowest BCUT2D eigenvalue weighted by molar-refractivity contribution is 0.199. The Morgan fingerprint density at radius 1 is 1.47 bits per heavy atom. The molecule has 2 rings (SSSR count). The number of hydrogen-bond acceptors (Lipinski definition) is 5. The molecule has 17 heavy (non-hydrogen) atoms. The van der Waals surface area contributed by atoms with Crippen LogP contribution in [0.5, 0.6) is 5.75 Å². The van der Waals surface area contributed by atoms with E-state index in [0.717, 1.165) is 0 Å². The average Bonchev–Trinajstić information content (AvgIpc) is 2.69. The Kier molecular flexibility index (Phi) is 3.06. The predicted octanol–water partition coefficient (Wildman–Crippen LogP) is 0.609. The minimum atomic E-state index is -0.876. The Morgan fingerprint density at radius 3 is 2.88 bits per heavy atom. The quantitative estimate of drug-likeness (QED) is 0.842. The lowest BCUT2D eigenvalue weighted by atomic mass is 10.1. The Bertz CT molecular complexity index is 524. The van der Waals surface area contributed by atoms with Gasteiger partial charge in [0, 0.05) is 13.2 Å². The Morgan fingerprint density at radius 2 is 2.24 bits per heavy atom. The normalized spacial score (nSPS) is 12.5. The van der Waals surface area contributed by atoms with Gasteiger partial charge in [0.05, 0.1) is 19.0 Å². The fraction of sp³-hybridized carbons (Fsp3) is 0.364. The molecule has 1 atom stereocenters. The molecule has 2 heterocycles. The molecule has 1 N–H and O–H groups in total. The molecule has 0 saturated heterocycles. The molecule has 0 spiro atoms. The number of aliphatic hydroxyl groups is 1. The summed E-state index contributed by atoms with van der Waals surface area (Å²) in [6, 6.07) is 1.67. The zero-order chi connectivity index (χ0) is 12.4. The van der Waals surface area contributed by atoms with Gasteiger partial charge in [-0.2, -0.15) is 5.10 Å². The summed E-state index contributed by atoms with van der Waals surface area (Å²) in [4.78, 5) is 8.18. The summed E-state index contributed by atoms with van der Waals surface area (Å²) >= 11 is 0. The highest BCUT2D eigenvalue weighted by atomic mass is 16.5. The van der Waals surface area contributed by atoms with Crippen LogP contribution in [-0.4, -0.2) is 32.0 Å². The summed E-state index contributed by atoms with van der Waals surface area (Å²) in [5, 5.41) is 14.3. The van der Waals surface area contributed by atoms with Crippen molar-refractivity contribution in [2.24, 2.45) is 7.05 Å². The fourth-order valence-corrected chi connectivity index (χ4v) is 1.66. The van der Waals surface area contributed by atoms with Gasteiger partial charge in [0.1, 0.15) is 17.6 Å². The molecular formula is C11H14N4O2.